The van der Waals surface area contributed by atoms with E-state index in [4.69, 9.17) is 9.31 Å². The molecule has 0 aliphatic heterocycles. The van der Waals surface area contributed by atoms with Gasteiger partial charge in [-0.25, -0.2) is 0 Å². The highest BCUT2D eigenvalue weighted by atomic mass is 16.6. The zero-order valence-corrected chi connectivity index (χ0v) is 12.3. The van der Waals surface area contributed by atoms with Crippen molar-refractivity contribution in [1.29, 1.82) is 0 Å². The third-order valence-corrected chi connectivity index (χ3v) is 3.71. The standard InChI is InChI=1S/C18H13BN2O2/c1-3-13-11-20-9-7-15(13)17(5-1)22-19-23-18-6-2-4-14-12-21-10-8-16(14)18/h1-12,19H. The van der Waals surface area contributed by atoms with Crippen molar-refractivity contribution in [2.24, 2.45) is 0 Å². The van der Waals surface area contributed by atoms with Gasteiger partial charge in [-0.1, -0.05) is 24.3 Å². The van der Waals surface area contributed by atoms with Crippen LogP contribution in [0.2, 0.25) is 0 Å². The van der Waals surface area contributed by atoms with E-state index in [1.807, 2.05) is 60.9 Å². The van der Waals surface area contributed by atoms with Gasteiger partial charge in [0.1, 0.15) is 11.5 Å². The van der Waals surface area contributed by atoms with Gasteiger partial charge >= 0.3 is 7.69 Å². The van der Waals surface area contributed by atoms with E-state index in [2.05, 4.69) is 9.97 Å². The lowest BCUT2D eigenvalue weighted by Crippen LogP contribution is -2.11. The minimum absolute atomic E-state index is 0.142. The summed E-state index contributed by atoms with van der Waals surface area (Å²) in [6, 6.07) is 15.6. The molecule has 2 aromatic heterocycles. The van der Waals surface area contributed by atoms with Gasteiger partial charge in [0.15, 0.2) is 0 Å². The third-order valence-electron chi connectivity index (χ3n) is 3.71. The smallest absolute Gasteiger partial charge is 0.528 e. The number of hydrogen-bond acceptors (Lipinski definition) is 4. The van der Waals surface area contributed by atoms with Gasteiger partial charge in [0.2, 0.25) is 0 Å². The molecule has 0 saturated heterocycles. The van der Waals surface area contributed by atoms with Crippen LogP contribution in [-0.2, 0) is 0 Å². The molecule has 0 aliphatic carbocycles. The van der Waals surface area contributed by atoms with E-state index < -0.39 is 0 Å². The highest BCUT2D eigenvalue weighted by Gasteiger charge is 2.06. The summed E-state index contributed by atoms with van der Waals surface area (Å²) in [6.45, 7) is 0. The minimum atomic E-state index is 0.142. The Hall–Kier alpha value is -3.08. The Morgan fingerprint density at radius 3 is 1.70 bits per heavy atom. The van der Waals surface area contributed by atoms with Crippen LogP contribution >= 0.6 is 0 Å². The Morgan fingerprint density at radius 1 is 0.652 bits per heavy atom. The average Bonchev–Trinajstić information content (AvgIpc) is 2.62. The van der Waals surface area contributed by atoms with E-state index in [1.165, 1.54) is 0 Å². The topological polar surface area (TPSA) is 44.2 Å². The molecule has 0 aliphatic rings. The van der Waals surface area contributed by atoms with E-state index in [-0.39, 0.29) is 7.69 Å². The second-order valence-corrected chi connectivity index (χ2v) is 5.11. The van der Waals surface area contributed by atoms with E-state index in [0.29, 0.717) is 0 Å². The molecule has 2 aromatic carbocycles. The van der Waals surface area contributed by atoms with Crippen molar-refractivity contribution in [3.8, 4) is 11.5 Å². The lowest BCUT2D eigenvalue weighted by atomic mass is 10.1. The summed E-state index contributed by atoms with van der Waals surface area (Å²) in [7, 11) is 0.142. The van der Waals surface area contributed by atoms with Crippen molar-refractivity contribution in [2.45, 2.75) is 0 Å². The van der Waals surface area contributed by atoms with Crippen LogP contribution < -0.4 is 9.31 Å². The normalized spacial score (nSPS) is 10.6. The largest absolute Gasteiger partial charge is 0.576 e. The van der Waals surface area contributed by atoms with Crippen molar-refractivity contribution in [3.63, 3.8) is 0 Å². The Balaban J connectivity index is 1.55. The van der Waals surface area contributed by atoms with Crippen LogP contribution in [0.1, 0.15) is 0 Å². The van der Waals surface area contributed by atoms with Crippen LogP contribution in [0, 0.1) is 0 Å². The Morgan fingerprint density at radius 2 is 1.17 bits per heavy atom. The molecular weight excluding hydrogens is 287 g/mol. The van der Waals surface area contributed by atoms with E-state index >= 15 is 0 Å². The molecule has 5 heteroatoms. The summed E-state index contributed by atoms with van der Waals surface area (Å²) in [6.07, 6.45) is 7.16. The van der Waals surface area contributed by atoms with Crippen LogP contribution in [0.3, 0.4) is 0 Å². The van der Waals surface area contributed by atoms with Gasteiger partial charge < -0.3 is 9.31 Å². The number of rotatable bonds is 4. The maximum Gasteiger partial charge on any atom is 0.576 e. The molecule has 0 N–H and O–H groups in total. The molecule has 4 nitrogen and oxygen atoms in total. The summed E-state index contributed by atoms with van der Waals surface area (Å²) < 4.78 is 11.6. The molecule has 4 aromatic rings. The van der Waals surface area contributed by atoms with Gasteiger partial charge in [-0.15, -0.1) is 0 Å². The third kappa shape index (κ3) is 2.69. The Bertz CT molecular complexity index is 885. The quantitative estimate of drug-likeness (QED) is 0.541. The van der Waals surface area contributed by atoms with Crippen molar-refractivity contribution in [2.75, 3.05) is 0 Å². The maximum absolute atomic E-state index is 5.81. The summed E-state index contributed by atoms with van der Waals surface area (Å²) in [5.41, 5.74) is 0. The lowest BCUT2D eigenvalue weighted by molar-refractivity contribution is 0.465. The average molecular weight is 300 g/mol. The minimum Gasteiger partial charge on any atom is -0.528 e. The van der Waals surface area contributed by atoms with E-state index in [0.717, 1.165) is 33.0 Å². The summed E-state index contributed by atoms with van der Waals surface area (Å²) in [4.78, 5) is 8.25. The molecule has 0 bridgehead atoms. The van der Waals surface area contributed by atoms with Crippen LogP contribution in [0.15, 0.2) is 73.3 Å². The first-order chi connectivity index (χ1) is 11.4. The van der Waals surface area contributed by atoms with E-state index in [9.17, 15) is 0 Å². The molecule has 0 spiro atoms. The van der Waals surface area contributed by atoms with Crippen LogP contribution in [0.4, 0.5) is 0 Å². The molecule has 4 rings (SSSR count). The first-order valence-electron chi connectivity index (χ1n) is 7.33. The maximum atomic E-state index is 5.81. The second kappa shape index (κ2) is 5.97. The monoisotopic (exact) mass is 300 g/mol. The van der Waals surface area contributed by atoms with Crippen LogP contribution in [-0.4, -0.2) is 17.7 Å². The van der Waals surface area contributed by atoms with Gasteiger partial charge in [-0.2, -0.15) is 0 Å². The van der Waals surface area contributed by atoms with Crippen molar-refractivity contribution in [3.05, 3.63) is 73.3 Å². The van der Waals surface area contributed by atoms with Gasteiger partial charge in [-0.3, -0.25) is 9.97 Å². The highest BCUT2D eigenvalue weighted by Crippen LogP contribution is 2.26. The predicted molar refractivity (Wildman–Crippen MR) is 91.9 cm³/mol. The fraction of sp³-hybridized carbons (Fsp3) is 0. The van der Waals surface area contributed by atoms with Crippen LogP contribution in [0.5, 0.6) is 11.5 Å². The van der Waals surface area contributed by atoms with Gasteiger partial charge in [0.25, 0.3) is 0 Å². The predicted octanol–water partition coefficient (Wildman–Crippen LogP) is 3.51. The molecule has 0 unspecified atom stereocenters. The summed E-state index contributed by atoms with van der Waals surface area (Å²) >= 11 is 0. The fourth-order valence-electron chi connectivity index (χ4n) is 2.59. The number of pyridine rings is 2. The van der Waals surface area contributed by atoms with Crippen molar-refractivity contribution < 1.29 is 9.31 Å². The SMILES string of the molecule is B(Oc1cccc2cnccc12)Oc1cccc2cnccc12. The zero-order chi connectivity index (χ0) is 15.5. The van der Waals surface area contributed by atoms with Crippen molar-refractivity contribution in [1.82, 2.24) is 9.97 Å². The molecule has 0 radical (unpaired) electrons. The molecule has 0 atom stereocenters. The Labute approximate surface area is 134 Å². The number of nitrogens with zero attached hydrogens (tertiary/aromatic N) is 2. The number of hydrogen-bond donors (Lipinski definition) is 0. The summed E-state index contributed by atoms with van der Waals surface area (Å²) in [5.74, 6) is 1.57. The van der Waals surface area contributed by atoms with Gasteiger partial charge in [-0.05, 0) is 24.3 Å². The first kappa shape index (κ1) is 13.6. The zero-order valence-electron chi connectivity index (χ0n) is 12.3. The fourth-order valence-corrected chi connectivity index (χ4v) is 2.59. The molecule has 0 amide bonds. The van der Waals surface area contributed by atoms with Crippen molar-refractivity contribution >= 4 is 29.2 Å². The molecular formula is C18H13BN2O2. The first-order valence-corrected chi connectivity index (χ1v) is 7.33. The Kier molecular flexibility index (Phi) is 3.52. The molecule has 2 heterocycles. The molecule has 0 fully saturated rings. The number of benzene rings is 2. The van der Waals surface area contributed by atoms with E-state index in [1.54, 1.807) is 12.4 Å². The number of fused-ring (bicyclic) bond motifs is 2. The summed E-state index contributed by atoms with van der Waals surface area (Å²) in [5, 5.41) is 4.13. The molecule has 0 saturated carbocycles. The number of aromatic nitrogens is 2. The molecule has 23 heavy (non-hydrogen) atoms. The van der Waals surface area contributed by atoms with Gasteiger partial charge in [0.05, 0.1) is 0 Å². The highest BCUT2D eigenvalue weighted by molar-refractivity contribution is 6.22. The van der Waals surface area contributed by atoms with Gasteiger partial charge in [0, 0.05) is 46.3 Å². The van der Waals surface area contributed by atoms with Crippen LogP contribution in [0.25, 0.3) is 21.5 Å². The second-order valence-electron chi connectivity index (χ2n) is 5.11. The molecule has 110 valence electrons. The lowest BCUT2D eigenvalue weighted by Gasteiger charge is -2.11.